The number of aliphatic hydroxyl groups is 2. The number of hydrogen-bond donors (Lipinski definition) is 3. The van der Waals surface area contributed by atoms with Gasteiger partial charge in [-0.05, 0) is 23.8 Å². The van der Waals surface area contributed by atoms with Crippen LogP contribution in [0.2, 0.25) is 0 Å². The number of aromatic hydroxyl groups is 1. The lowest BCUT2D eigenvalue weighted by molar-refractivity contribution is -0.384. The van der Waals surface area contributed by atoms with Crippen LogP contribution in [0.5, 0.6) is 5.75 Å². The second-order valence-corrected chi connectivity index (χ2v) is 10.9. The van der Waals surface area contributed by atoms with Crippen LogP contribution >= 0.6 is 0 Å². The molecular weight excluding hydrogens is 660 g/mol. The molecule has 1 aromatic rings. The van der Waals surface area contributed by atoms with Gasteiger partial charge in [0.25, 0.3) is 0 Å². The maximum Gasteiger partial charge on any atom is 0.330 e. The minimum absolute atomic E-state index is 0.0183. The minimum atomic E-state index is -2.50. The van der Waals surface area contributed by atoms with Crippen LogP contribution in [0.1, 0.15) is 40.2 Å². The van der Waals surface area contributed by atoms with E-state index in [4.69, 9.17) is 42.6 Å². The Morgan fingerprint density at radius 1 is 0.735 bits per heavy atom. The maximum atomic E-state index is 12.5. The molecule has 2 aliphatic rings. The average molecular weight is 699 g/mol. The third kappa shape index (κ3) is 10.9. The molecule has 270 valence electrons. The topological polar surface area (TPSA) is 246 Å². The van der Waals surface area contributed by atoms with Crippen molar-refractivity contribution in [3.05, 3.63) is 35.9 Å². The number of benzene rings is 1. The Labute approximate surface area is 279 Å². The highest BCUT2D eigenvalue weighted by Crippen LogP contribution is 2.39. The summed E-state index contributed by atoms with van der Waals surface area (Å²) in [5.74, 6) is -7.69. The fourth-order valence-corrected chi connectivity index (χ4v) is 4.90. The fraction of sp³-hybridized carbons (Fsp3) is 0.548. The number of hydrogen-bond acceptors (Lipinski definition) is 18. The van der Waals surface area contributed by atoms with Gasteiger partial charge in [-0.3, -0.25) is 24.0 Å². The highest BCUT2D eigenvalue weighted by molar-refractivity contribution is 5.87. The molecule has 0 radical (unpaired) electrons. The largest absolute Gasteiger partial charge is 0.508 e. The zero-order valence-corrected chi connectivity index (χ0v) is 27.2. The number of phenolic OH excluding ortho intramolecular Hbond substituents is 1. The lowest BCUT2D eigenvalue weighted by atomic mass is 9.98. The predicted molar refractivity (Wildman–Crippen MR) is 157 cm³/mol. The summed E-state index contributed by atoms with van der Waals surface area (Å²) in [4.78, 5) is 71.9. The first-order valence-electron chi connectivity index (χ1n) is 14.8. The molecule has 0 bridgehead atoms. The van der Waals surface area contributed by atoms with Gasteiger partial charge >= 0.3 is 35.8 Å². The Balaban J connectivity index is 1.93. The normalized spacial score (nSPS) is 29.4. The molecular formula is C31H38O18. The third-order valence-corrected chi connectivity index (χ3v) is 6.94. The van der Waals surface area contributed by atoms with Gasteiger partial charge in [-0.15, -0.1) is 0 Å². The second kappa shape index (κ2) is 17.2. The SMILES string of the molecule is CC(=O)OC[C@H]1O[C@@H](OC2(COC(C)=O)O[C@@H](COC(=O)/C=C/c3ccc(O)cc3)[C@H](OC(C)=O)[C@H]2O)[C@H](O)[C@@H](OC(C)=O)[C@@H]1OC(C)=O. The molecule has 0 spiro atoms. The van der Waals surface area contributed by atoms with Crippen LogP contribution in [-0.2, 0) is 71.4 Å². The minimum Gasteiger partial charge on any atom is -0.508 e. The molecule has 2 aliphatic heterocycles. The first-order valence-corrected chi connectivity index (χ1v) is 14.8. The highest BCUT2D eigenvalue weighted by atomic mass is 16.8. The van der Waals surface area contributed by atoms with Crippen molar-refractivity contribution in [2.75, 3.05) is 19.8 Å². The van der Waals surface area contributed by atoms with E-state index in [1.807, 2.05) is 0 Å². The van der Waals surface area contributed by atoms with Gasteiger partial charge in [-0.2, -0.15) is 0 Å². The molecule has 1 unspecified atom stereocenters. The molecule has 0 aromatic heterocycles. The molecule has 18 heteroatoms. The van der Waals surface area contributed by atoms with Crippen molar-refractivity contribution in [1.82, 2.24) is 0 Å². The van der Waals surface area contributed by atoms with Crippen LogP contribution in [0, 0.1) is 0 Å². The van der Waals surface area contributed by atoms with Crippen molar-refractivity contribution in [2.45, 2.75) is 89.4 Å². The Hall–Kier alpha value is -4.62. The first-order chi connectivity index (χ1) is 23.0. The van der Waals surface area contributed by atoms with Gasteiger partial charge in [0.05, 0.1) is 0 Å². The molecule has 18 nitrogen and oxygen atoms in total. The molecule has 2 heterocycles. The molecule has 2 fully saturated rings. The van der Waals surface area contributed by atoms with E-state index in [0.717, 1.165) is 40.7 Å². The summed E-state index contributed by atoms with van der Waals surface area (Å²) in [6, 6.07) is 5.88. The predicted octanol–water partition coefficient (Wildman–Crippen LogP) is -0.572. The monoisotopic (exact) mass is 698 g/mol. The van der Waals surface area contributed by atoms with Gasteiger partial charge in [0, 0.05) is 40.7 Å². The van der Waals surface area contributed by atoms with Crippen molar-refractivity contribution in [2.24, 2.45) is 0 Å². The van der Waals surface area contributed by atoms with Crippen LogP contribution < -0.4 is 0 Å². The molecule has 0 amide bonds. The number of esters is 6. The van der Waals surface area contributed by atoms with E-state index >= 15 is 0 Å². The summed E-state index contributed by atoms with van der Waals surface area (Å²) >= 11 is 0. The van der Waals surface area contributed by atoms with Crippen LogP contribution in [0.3, 0.4) is 0 Å². The van der Waals surface area contributed by atoms with E-state index < -0.39 is 110 Å². The summed E-state index contributed by atoms with van der Waals surface area (Å²) < 4.78 is 48.7. The molecule has 0 aliphatic carbocycles. The smallest absolute Gasteiger partial charge is 0.330 e. The Kier molecular flexibility index (Phi) is 13.6. The Bertz CT molecular complexity index is 1390. The van der Waals surface area contributed by atoms with Crippen molar-refractivity contribution >= 4 is 41.9 Å². The summed E-state index contributed by atoms with van der Waals surface area (Å²) in [5, 5.41) is 32.1. The van der Waals surface area contributed by atoms with Crippen LogP contribution in [0.15, 0.2) is 30.3 Å². The standard InChI is InChI=1S/C31H38O18/c1-15(32)41-12-22-26(44-17(3)34)28(46-19(5)36)25(39)30(47-22)49-31(14-43-16(2)33)29(40)27(45-18(4)35)23(48-31)13-42-24(38)11-8-20-6-9-21(37)10-7-20/h6-11,22-23,25-30,37,39-40H,12-14H2,1-5H3/b11-8+/t22-,23+,25-,26-,27+,28-,29-,30+,31?/m1/s1. The van der Waals surface area contributed by atoms with Gasteiger partial charge < -0.3 is 58.0 Å². The zero-order chi connectivity index (χ0) is 36.5. The van der Waals surface area contributed by atoms with E-state index in [1.54, 1.807) is 0 Å². The molecule has 3 N–H and O–H groups in total. The van der Waals surface area contributed by atoms with Gasteiger partial charge in [0.15, 0.2) is 30.7 Å². The quantitative estimate of drug-likeness (QED) is 0.133. The molecule has 9 atom stereocenters. The van der Waals surface area contributed by atoms with Gasteiger partial charge in [-0.1, -0.05) is 12.1 Å². The number of carbonyl (C=O) groups excluding carboxylic acids is 6. The lowest BCUT2D eigenvalue weighted by Gasteiger charge is -2.45. The summed E-state index contributed by atoms with van der Waals surface area (Å²) in [6.45, 7) is 3.03. The van der Waals surface area contributed by atoms with Gasteiger partial charge in [0.1, 0.15) is 43.9 Å². The fourth-order valence-electron chi connectivity index (χ4n) is 4.90. The summed E-state index contributed by atoms with van der Waals surface area (Å²) in [7, 11) is 0. The first kappa shape index (κ1) is 38.8. The molecule has 1 aromatic carbocycles. The van der Waals surface area contributed by atoms with E-state index in [-0.39, 0.29) is 5.75 Å². The van der Waals surface area contributed by atoms with Crippen molar-refractivity contribution in [3.63, 3.8) is 0 Å². The molecule has 0 saturated carbocycles. The number of rotatable bonds is 13. The third-order valence-electron chi connectivity index (χ3n) is 6.94. The molecule has 2 saturated heterocycles. The van der Waals surface area contributed by atoms with E-state index in [0.29, 0.717) is 5.56 Å². The number of carbonyl (C=O) groups is 6. The maximum absolute atomic E-state index is 12.5. The van der Waals surface area contributed by atoms with E-state index in [2.05, 4.69) is 0 Å². The van der Waals surface area contributed by atoms with Crippen LogP contribution in [0.25, 0.3) is 6.08 Å². The van der Waals surface area contributed by atoms with Crippen molar-refractivity contribution in [3.8, 4) is 5.75 Å². The average Bonchev–Trinajstić information content (AvgIpc) is 3.26. The summed E-state index contributed by atoms with van der Waals surface area (Å²) in [5.41, 5.74) is 0.551. The van der Waals surface area contributed by atoms with Crippen LogP contribution in [0.4, 0.5) is 0 Å². The van der Waals surface area contributed by atoms with E-state index in [9.17, 15) is 44.1 Å². The zero-order valence-electron chi connectivity index (χ0n) is 27.2. The molecule has 49 heavy (non-hydrogen) atoms. The van der Waals surface area contributed by atoms with Gasteiger partial charge in [0.2, 0.25) is 5.79 Å². The number of ether oxygens (including phenoxy) is 9. The highest BCUT2D eigenvalue weighted by Gasteiger charge is 2.62. The number of phenols is 1. The Morgan fingerprint density at radius 3 is 1.86 bits per heavy atom. The Morgan fingerprint density at radius 2 is 1.29 bits per heavy atom. The number of aliphatic hydroxyl groups excluding tert-OH is 2. The van der Waals surface area contributed by atoms with Crippen molar-refractivity contribution in [1.29, 1.82) is 0 Å². The summed E-state index contributed by atoms with van der Waals surface area (Å²) in [6.07, 6.45) is -11.2. The lowest BCUT2D eigenvalue weighted by Crippen LogP contribution is -2.64. The van der Waals surface area contributed by atoms with Crippen molar-refractivity contribution < 1.29 is 86.7 Å². The van der Waals surface area contributed by atoms with Crippen LogP contribution in [-0.4, -0.2) is 126 Å². The van der Waals surface area contributed by atoms with E-state index in [1.165, 1.54) is 30.3 Å². The second-order valence-electron chi connectivity index (χ2n) is 10.9. The molecule has 3 rings (SSSR count). The van der Waals surface area contributed by atoms with Gasteiger partial charge in [-0.25, -0.2) is 4.79 Å².